The molecule has 0 radical (unpaired) electrons. The van der Waals surface area contributed by atoms with E-state index in [1.807, 2.05) is 24.3 Å². The quantitative estimate of drug-likeness (QED) is 0.137. The molecule has 0 N–H and O–H groups in total. The van der Waals surface area contributed by atoms with Crippen LogP contribution in [0, 0.1) is 0 Å². The molecule has 0 aliphatic rings. The fraction of sp³-hybridized carbons (Fsp3) is 0.294. The Labute approximate surface area is 277 Å². The summed E-state index contributed by atoms with van der Waals surface area (Å²) in [6.07, 6.45) is 0. The van der Waals surface area contributed by atoms with Crippen LogP contribution in [-0.2, 0) is 20.6 Å². The van der Waals surface area contributed by atoms with E-state index in [9.17, 15) is 0 Å². The summed E-state index contributed by atoms with van der Waals surface area (Å²) < 4.78 is 37.0. The first-order valence-corrected chi connectivity index (χ1v) is 31.8. The molecule has 0 heterocycles. The van der Waals surface area contributed by atoms with Gasteiger partial charge in [0.2, 0.25) is 0 Å². The molecule has 0 unspecified atom stereocenters. The molecule has 0 atom stereocenters. The third-order valence-corrected chi connectivity index (χ3v) is 28.5. The van der Waals surface area contributed by atoms with Crippen LogP contribution in [0.15, 0.2) is 121 Å². The lowest BCUT2D eigenvalue weighted by molar-refractivity contribution is 0.300. The molecule has 0 aliphatic heterocycles. The second-order valence-corrected chi connectivity index (χ2v) is 37.1. The van der Waals surface area contributed by atoms with Gasteiger partial charge < -0.3 is 20.6 Å². The van der Waals surface area contributed by atoms with E-state index in [4.69, 9.17) is 20.6 Å². The van der Waals surface area contributed by atoms with Gasteiger partial charge in [-0.2, -0.15) is 0 Å². The lowest BCUT2D eigenvalue weighted by atomic mass is 10.4. The smallest absolute Gasteiger partial charge is 0.389 e. The van der Waals surface area contributed by atoms with Crippen molar-refractivity contribution in [1.82, 2.24) is 0 Å². The minimum Gasteiger partial charge on any atom is -0.437 e. The van der Waals surface area contributed by atoms with Crippen LogP contribution >= 0.6 is 0 Å². The summed E-state index contributed by atoms with van der Waals surface area (Å²) in [5, 5.41) is 4.09. The second kappa shape index (κ2) is 14.0. The highest BCUT2D eigenvalue weighted by molar-refractivity contribution is 7.08. The minimum atomic E-state index is -3.57. The number of benzene rings is 4. The molecule has 0 saturated heterocycles. The summed E-state index contributed by atoms with van der Waals surface area (Å²) >= 11 is 0. The van der Waals surface area contributed by atoms with Crippen molar-refractivity contribution in [3.05, 3.63) is 121 Å². The van der Waals surface area contributed by atoms with Crippen LogP contribution in [0.2, 0.25) is 65.5 Å². The summed E-state index contributed by atoms with van der Waals surface area (Å²) in [7, 11) is -16.7. The van der Waals surface area contributed by atoms with E-state index in [0.717, 1.165) is 20.7 Å². The molecule has 240 valence electrons. The molecule has 0 amide bonds. The lowest BCUT2D eigenvalue weighted by Gasteiger charge is -2.47. The molecular formula is C34H50O5Si6. The maximum Gasteiger partial charge on any atom is 0.389 e. The van der Waals surface area contributed by atoms with Crippen molar-refractivity contribution in [2.45, 2.75) is 65.5 Å². The zero-order valence-electron chi connectivity index (χ0n) is 28.6. The van der Waals surface area contributed by atoms with Crippen molar-refractivity contribution in [3.63, 3.8) is 0 Å². The van der Waals surface area contributed by atoms with Crippen LogP contribution in [0.5, 0.6) is 0 Å². The molecule has 11 heteroatoms. The van der Waals surface area contributed by atoms with Crippen molar-refractivity contribution < 1.29 is 20.6 Å². The molecule has 4 aromatic rings. The third kappa shape index (κ3) is 9.51. The van der Waals surface area contributed by atoms with Crippen LogP contribution in [0.1, 0.15) is 0 Å². The Kier molecular flexibility index (Phi) is 11.1. The predicted molar refractivity (Wildman–Crippen MR) is 203 cm³/mol. The largest absolute Gasteiger partial charge is 0.437 e. The molecule has 0 aliphatic carbocycles. The summed E-state index contributed by atoms with van der Waals surface area (Å²) in [4.78, 5) is 0. The minimum absolute atomic E-state index is 1.02. The zero-order valence-corrected chi connectivity index (χ0v) is 34.6. The van der Waals surface area contributed by atoms with Crippen LogP contribution in [0.4, 0.5) is 0 Å². The molecule has 4 rings (SSSR count). The van der Waals surface area contributed by atoms with Gasteiger partial charge in [-0.1, -0.05) is 121 Å². The Morgan fingerprint density at radius 1 is 0.289 bits per heavy atom. The van der Waals surface area contributed by atoms with Crippen molar-refractivity contribution in [2.75, 3.05) is 0 Å². The highest BCUT2D eigenvalue weighted by atomic mass is 28.5. The maximum absolute atomic E-state index is 8.04. The first kappa shape index (κ1) is 35.8. The molecule has 45 heavy (non-hydrogen) atoms. The first-order valence-electron chi connectivity index (χ1n) is 15.7. The third-order valence-electron chi connectivity index (χ3n) is 6.79. The van der Waals surface area contributed by atoms with E-state index in [2.05, 4.69) is 163 Å². The first-order chi connectivity index (χ1) is 21.0. The maximum atomic E-state index is 8.04. The van der Waals surface area contributed by atoms with Crippen LogP contribution in [-0.4, -0.2) is 50.9 Å². The molecule has 4 aromatic carbocycles. The Morgan fingerprint density at radius 2 is 0.511 bits per heavy atom. The standard InChI is InChI=1S/C34H50O5Si6/c1-40(2,3)35-42(7,8)37-44(31-23-15-11-16-24-31,32-25-17-12-18-26-32)39-45(33-27-19-13-20-28-33,34-29-21-14-22-30-34)38-43(9,10)36-41(4,5)6/h11-30H,1-10H3. The van der Waals surface area contributed by atoms with Gasteiger partial charge in [0.05, 0.1) is 0 Å². The van der Waals surface area contributed by atoms with Gasteiger partial charge in [0, 0.05) is 0 Å². The predicted octanol–water partition coefficient (Wildman–Crippen LogP) is 6.66. The molecule has 0 saturated carbocycles. The topological polar surface area (TPSA) is 46.2 Å². The van der Waals surface area contributed by atoms with Crippen molar-refractivity contribution in [2.24, 2.45) is 0 Å². The number of hydrogen-bond donors (Lipinski definition) is 0. The van der Waals surface area contributed by atoms with Gasteiger partial charge in [-0.15, -0.1) is 0 Å². The van der Waals surface area contributed by atoms with Crippen molar-refractivity contribution in [1.29, 1.82) is 0 Å². The Morgan fingerprint density at radius 3 is 0.711 bits per heavy atom. The molecule has 0 bridgehead atoms. The lowest BCUT2D eigenvalue weighted by Crippen LogP contribution is -2.78. The molecular weight excluding hydrogens is 657 g/mol. The fourth-order valence-electron chi connectivity index (χ4n) is 5.89. The molecule has 0 aromatic heterocycles. The number of hydrogen-bond acceptors (Lipinski definition) is 5. The van der Waals surface area contributed by atoms with Crippen molar-refractivity contribution in [3.8, 4) is 0 Å². The van der Waals surface area contributed by atoms with Gasteiger partial charge in [0.25, 0.3) is 0 Å². The van der Waals surface area contributed by atoms with E-state index in [-0.39, 0.29) is 0 Å². The summed E-state index contributed by atoms with van der Waals surface area (Å²) in [6.45, 7) is 22.0. The van der Waals surface area contributed by atoms with Gasteiger partial charge in [0.1, 0.15) is 0 Å². The molecule has 5 nitrogen and oxygen atoms in total. The van der Waals surface area contributed by atoms with E-state index in [0.29, 0.717) is 0 Å². The van der Waals surface area contributed by atoms with Crippen molar-refractivity contribution >= 4 is 71.6 Å². The van der Waals surface area contributed by atoms with Crippen LogP contribution < -0.4 is 20.7 Å². The zero-order chi connectivity index (χ0) is 33.0. The summed E-state index contributed by atoms with van der Waals surface area (Å²) in [6, 6.07) is 41.9. The van der Waals surface area contributed by atoms with Gasteiger partial charge in [-0.25, -0.2) is 0 Å². The van der Waals surface area contributed by atoms with Gasteiger partial charge >= 0.3 is 34.2 Å². The van der Waals surface area contributed by atoms with Gasteiger partial charge in [-0.3, -0.25) is 0 Å². The highest BCUT2D eigenvalue weighted by Gasteiger charge is 2.59. The monoisotopic (exact) mass is 706 g/mol. The average Bonchev–Trinajstić information content (AvgIpc) is 2.95. The van der Waals surface area contributed by atoms with E-state index in [1.165, 1.54) is 0 Å². The van der Waals surface area contributed by atoms with E-state index in [1.54, 1.807) is 0 Å². The Hall–Kier alpha value is -2.02. The van der Waals surface area contributed by atoms with Gasteiger partial charge in [-0.05, 0) is 86.2 Å². The van der Waals surface area contributed by atoms with Crippen LogP contribution in [0.25, 0.3) is 0 Å². The Balaban J connectivity index is 2.10. The van der Waals surface area contributed by atoms with Crippen LogP contribution in [0.3, 0.4) is 0 Å². The molecule has 0 fully saturated rings. The second-order valence-electron chi connectivity index (χ2n) is 14.2. The number of rotatable bonds is 14. The summed E-state index contributed by atoms with van der Waals surface area (Å²) in [5.41, 5.74) is 0. The molecule has 0 spiro atoms. The normalized spacial score (nSPS) is 13.6. The average molecular weight is 707 g/mol. The SMILES string of the molecule is C[Si](C)(C)O[Si](C)(C)O[Si](O[Si](O[Si](C)(C)O[Si](C)(C)C)(c1ccccc1)c1ccccc1)(c1ccccc1)c1ccccc1. The summed E-state index contributed by atoms with van der Waals surface area (Å²) in [5.74, 6) is 0. The van der Waals surface area contributed by atoms with E-state index >= 15 is 0 Å². The van der Waals surface area contributed by atoms with E-state index < -0.39 is 50.9 Å². The van der Waals surface area contributed by atoms with Gasteiger partial charge in [0.15, 0.2) is 16.6 Å². The fourth-order valence-corrected chi connectivity index (χ4v) is 34.0. The Bertz CT molecular complexity index is 1300. The highest BCUT2D eigenvalue weighted by Crippen LogP contribution is 2.28.